The number of esters is 2. The maximum atomic E-state index is 14.4. The Morgan fingerprint density at radius 3 is 1.00 bits per heavy atom. The molecule has 8 heterocycles. The summed E-state index contributed by atoms with van der Waals surface area (Å²) in [4.78, 5) is 61.2. The molecule has 0 radical (unpaired) electrons. The zero-order valence-corrected chi connectivity index (χ0v) is 77.2. The molecule has 8 aromatic heterocycles. The van der Waals surface area contributed by atoms with Crippen LogP contribution < -0.4 is 36.0 Å². The number of ether oxygens (including phenoxy) is 2. The quantitative estimate of drug-likeness (QED) is 0.00658. The summed E-state index contributed by atoms with van der Waals surface area (Å²) in [6.07, 6.45) is 9.91. The van der Waals surface area contributed by atoms with Crippen LogP contribution >= 0.6 is 69.4 Å². The Labute approximate surface area is 790 Å². The monoisotopic (exact) mass is 2060 g/mol. The van der Waals surface area contributed by atoms with Crippen molar-refractivity contribution in [3.05, 3.63) is 278 Å². The van der Waals surface area contributed by atoms with Crippen molar-refractivity contribution < 1.29 is 130 Å². The van der Waals surface area contributed by atoms with Crippen LogP contribution in [0.2, 0.25) is 5.15 Å². The van der Waals surface area contributed by atoms with Crippen LogP contribution in [0.3, 0.4) is 0 Å². The van der Waals surface area contributed by atoms with E-state index < -0.39 is 126 Å². The van der Waals surface area contributed by atoms with Crippen molar-refractivity contribution in [2.75, 3.05) is 46.1 Å². The number of pyridine rings is 4. The summed E-state index contributed by atoms with van der Waals surface area (Å²) in [5.41, 5.74) is 4.90. The molecular weight excluding hydrogens is 1990 g/mol. The van der Waals surface area contributed by atoms with E-state index in [0.29, 0.717) is 44.4 Å². The van der Waals surface area contributed by atoms with Gasteiger partial charge in [-0.2, -0.15) is 98.0 Å². The molecule has 0 aliphatic rings. The highest BCUT2D eigenvalue weighted by Crippen LogP contribution is 2.38. The lowest BCUT2D eigenvalue weighted by Gasteiger charge is -2.11. The minimum absolute atomic E-state index is 0. The first-order valence-electron chi connectivity index (χ1n) is 37.2. The van der Waals surface area contributed by atoms with Crippen LogP contribution in [-0.4, -0.2) is 118 Å². The van der Waals surface area contributed by atoms with Crippen molar-refractivity contribution in [3.63, 3.8) is 0 Å². The smallest absolute Gasteiger partial charge is 0.463 e. The summed E-state index contributed by atoms with van der Waals surface area (Å²) in [5.74, 6) is 1.65. The first-order chi connectivity index (χ1) is 62.7. The van der Waals surface area contributed by atoms with Crippen LogP contribution in [0.15, 0.2) is 177 Å². The number of hydrogen-bond donors (Lipinski definition) is 8. The average Bonchev–Trinajstić information content (AvgIpc) is 1.75. The summed E-state index contributed by atoms with van der Waals surface area (Å²) in [6.45, 7) is 3.59. The minimum atomic E-state index is -4.62. The van der Waals surface area contributed by atoms with Gasteiger partial charge in [-0.15, -0.1) is 31.7 Å². The van der Waals surface area contributed by atoms with E-state index in [-0.39, 0.29) is 118 Å². The predicted octanol–water partition coefficient (Wildman–Crippen LogP) is 17.5. The fourth-order valence-electron chi connectivity index (χ4n) is 10.4. The first-order valence-corrected chi connectivity index (χ1v) is 47.1. The van der Waals surface area contributed by atoms with Gasteiger partial charge in [0.25, 0.3) is 0 Å². The number of rotatable bonds is 25. The van der Waals surface area contributed by atoms with Crippen molar-refractivity contribution in [3.8, 4) is 70.8 Å². The molecule has 9 N–H and O–H groups in total. The second-order valence-corrected chi connectivity index (χ2v) is 35.2. The predicted molar refractivity (Wildman–Crippen MR) is 493 cm³/mol. The molecule has 0 unspecified atom stereocenters. The number of carbonyl (C=O) groups excluding carboxylic acids is 4. The summed E-state index contributed by atoms with van der Waals surface area (Å²) in [7, 11) is -12.4. The molecule has 0 aliphatic carbocycles. The van der Waals surface area contributed by atoms with Gasteiger partial charge in [0, 0.05) is 99.0 Å². The largest absolute Gasteiger partial charge is 0.489 e. The second kappa shape index (κ2) is 51.1. The number of sulfonamides is 3. The summed E-state index contributed by atoms with van der Waals surface area (Å²) in [6, 6.07) is 22.1. The van der Waals surface area contributed by atoms with Crippen molar-refractivity contribution in [2.45, 2.75) is 58.2 Å². The van der Waals surface area contributed by atoms with Gasteiger partial charge < -0.3 is 35.9 Å². The number of nitrogens with one attached hydrogen (secondary N) is 5. The van der Waals surface area contributed by atoms with Gasteiger partial charge in [0.1, 0.15) is 45.4 Å². The Hall–Kier alpha value is -12.7. The van der Waals surface area contributed by atoms with E-state index in [1.54, 1.807) is 81.2 Å². The van der Waals surface area contributed by atoms with Gasteiger partial charge in [-0.05, 0) is 172 Å². The normalized spacial score (nSPS) is 11.5. The number of nitrogens with two attached hydrogens (primary N) is 1. The molecule has 24 nitrogen and oxygen atoms in total. The molecule has 0 fully saturated rings. The third-order valence-electron chi connectivity index (χ3n) is 16.2. The Balaban J connectivity index is 0.000000300. The van der Waals surface area contributed by atoms with Crippen LogP contribution in [0, 0.1) is 54.5 Å². The van der Waals surface area contributed by atoms with Crippen LogP contribution in [0.1, 0.15) is 92.3 Å². The number of terminal acetylenes is 3. The fraction of sp³-hybridized carbons (Fsp3) is 0.163. The number of aromatic nitrogens is 4. The molecular formula is C86H72BCl2F15N10O14S7. The minimum Gasteiger partial charge on any atom is -0.463 e. The molecule has 714 valence electrons. The van der Waals surface area contributed by atoms with E-state index in [1.165, 1.54) is 112 Å². The van der Waals surface area contributed by atoms with Gasteiger partial charge in [0.15, 0.2) is 0 Å². The molecule has 135 heavy (non-hydrogen) atoms. The van der Waals surface area contributed by atoms with Gasteiger partial charge in [0.2, 0.25) is 41.9 Å². The number of hydrogen-bond acceptors (Lipinski definition) is 23. The lowest BCUT2D eigenvalue weighted by molar-refractivity contribution is -0.141. The van der Waals surface area contributed by atoms with E-state index in [2.05, 4.69) is 53.1 Å². The highest BCUT2D eigenvalue weighted by Gasteiger charge is 2.37. The maximum absolute atomic E-state index is 14.4. The first kappa shape index (κ1) is 113. The van der Waals surface area contributed by atoms with E-state index in [1.807, 2.05) is 14.2 Å². The molecule has 0 aliphatic heterocycles. The Kier molecular flexibility index (Phi) is 42.7. The second-order valence-electron chi connectivity index (χ2n) is 26.5. The van der Waals surface area contributed by atoms with Crippen LogP contribution in [0.4, 0.5) is 82.9 Å². The van der Waals surface area contributed by atoms with E-state index in [4.69, 9.17) is 51.4 Å². The highest BCUT2D eigenvalue weighted by atomic mass is 35.5. The molecule has 11 rings (SSSR count). The average molecular weight is 2060 g/mol. The molecule has 2 amide bonds. The SMILES string of the molecule is C#Cc1cc(CN)cc(F)c1NS(C)(=O)=O.C#Cc1cc(CNC(=O)/C=C/c2ccc(C(F)(F)F)nc2-c2ccsc2)cc(F)c1NS(C)(=O)=O.C#Cc1cc(CNC(=O)/C=C/c2ccc(C(F)(F)F)nc2-c2ccsc2)cc(F)c1NS(C)(=O)=O.CCOC(=O)/C=C/c1ccc(C(F)(F)F)nc1-c1ccsc1.CCOC(=O)/C=C/c1ccc(C(F)(F)F)nc1Cl.Cl.OB(O)c1ccsc1. The van der Waals surface area contributed by atoms with Gasteiger partial charge in [-0.25, -0.2) is 67.9 Å². The zero-order chi connectivity index (χ0) is 99.9. The van der Waals surface area contributed by atoms with E-state index in [0.717, 1.165) is 85.5 Å². The number of alkyl halides is 12. The number of nitrogens with zero attached hydrogens (tertiary/aromatic N) is 4. The van der Waals surface area contributed by atoms with Crippen LogP contribution in [0.5, 0.6) is 0 Å². The highest BCUT2D eigenvalue weighted by molar-refractivity contribution is 7.92. The zero-order valence-electron chi connectivity index (χ0n) is 69.9. The topological polar surface area (TPSA) is 367 Å². The Morgan fingerprint density at radius 2 is 0.741 bits per heavy atom. The van der Waals surface area contributed by atoms with Crippen LogP contribution in [0.25, 0.3) is 58.1 Å². The van der Waals surface area contributed by atoms with E-state index >= 15 is 0 Å². The molecule has 0 saturated heterocycles. The van der Waals surface area contributed by atoms with Crippen molar-refractivity contribution in [1.29, 1.82) is 0 Å². The fourth-order valence-corrected chi connectivity index (χ4v) is 14.9. The molecule has 0 saturated carbocycles. The molecule has 49 heteroatoms. The summed E-state index contributed by atoms with van der Waals surface area (Å²) >= 11 is 11.0. The van der Waals surface area contributed by atoms with Gasteiger partial charge >= 0.3 is 43.8 Å². The number of thiophene rings is 4. The van der Waals surface area contributed by atoms with Crippen molar-refractivity contribution in [2.24, 2.45) is 5.73 Å². The number of carbonyl (C=O) groups is 4. The Bertz CT molecular complexity index is 6370. The molecule has 0 atom stereocenters. The Morgan fingerprint density at radius 1 is 0.452 bits per heavy atom. The van der Waals surface area contributed by atoms with Crippen molar-refractivity contribution in [1.82, 2.24) is 30.6 Å². The van der Waals surface area contributed by atoms with Gasteiger partial charge in [-0.3, -0.25) is 23.8 Å². The maximum Gasteiger partial charge on any atom is 0.489 e. The lowest BCUT2D eigenvalue weighted by Crippen LogP contribution is -2.27. The third kappa shape index (κ3) is 37.6. The lowest BCUT2D eigenvalue weighted by atomic mass is 9.83. The van der Waals surface area contributed by atoms with Gasteiger partial charge in [-0.1, -0.05) is 53.6 Å². The van der Waals surface area contributed by atoms with Gasteiger partial charge in [0.05, 0.1) is 82.8 Å². The number of benzene rings is 3. The molecule has 11 aromatic rings. The summed E-state index contributed by atoms with van der Waals surface area (Å²) in [5, 5.41) is 35.2. The van der Waals surface area contributed by atoms with Crippen LogP contribution in [-0.2, 0) is 103 Å². The van der Waals surface area contributed by atoms with Crippen molar-refractivity contribution >= 4 is 177 Å². The van der Waals surface area contributed by atoms with E-state index in [9.17, 15) is 110 Å². The molecule has 0 spiro atoms. The number of amides is 2. The standard InChI is InChI=1S/2C23H17F4N3O3S2.C15H12F3NO2S.C11H9ClF3NO2.C10H11FN2O2S.C4H5BO2S.ClH/c2*1-3-15-10-14(11-18(24)22(15)30-35(2,32)33)12-28-20(31)7-5-16-4-6-19(23(25,26)27)29-21(16)17-8-9-34-13-17;1-2-21-13(20)6-4-10-3-5-12(15(16,17)18)19-14(10)11-7-8-22-9-11;1-2-18-9(17)6-4-7-3-5-8(11(13,14)15)16-10(7)12;1-3-8-4-7(6-12)5-9(11)10(8)13-16(2,14)15;6-5(7)4-1-2-8-3-4;/h2*1,4-11,13,30H,12H2,2H3,(H,28,31);3-9H,2H2,1H3;3-6H,2H2,1H3;1,4-5,13H,6,12H2,2H3;1-3,6-7H;1H/b2*7-5+;2*6-4+;;;. The third-order valence-corrected chi connectivity index (χ3v) is 21.0. The molecule has 3 aromatic carbocycles. The summed E-state index contributed by atoms with van der Waals surface area (Å²) < 4.78 is 279. The number of halogens is 17. The number of anilines is 3. The molecule has 0 bridgehead atoms.